The zero-order chi connectivity index (χ0) is 31.4. The van der Waals surface area contributed by atoms with Gasteiger partial charge in [0.05, 0.1) is 5.70 Å². The highest BCUT2D eigenvalue weighted by molar-refractivity contribution is 9.11. The van der Waals surface area contributed by atoms with Crippen molar-refractivity contribution in [2.45, 2.75) is 71.6 Å². The summed E-state index contributed by atoms with van der Waals surface area (Å²) >= 11 is 3.58. The van der Waals surface area contributed by atoms with Crippen molar-refractivity contribution in [3.63, 3.8) is 0 Å². The van der Waals surface area contributed by atoms with Crippen molar-refractivity contribution >= 4 is 27.4 Å². The van der Waals surface area contributed by atoms with Crippen molar-refractivity contribution in [2.24, 2.45) is 11.8 Å². The highest BCUT2D eigenvalue weighted by atomic mass is 79.9. The first-order valence-electron chi connectivity index (χ1n) is 15.5. The molecule has 0 saturated carbocycles. The van der Waals surface area contributed by atoms with Crippen molar-refractivity contribution in [3.05, 3.63) is 106 Å². The lowest BCUT2D eigenvalue weighted by atomic mass is 9.88. The van der Waals surface area contributed by atoms with Gasteiger partial charge >= 0.3 is 6.36 Å². The fourth-order valence-corrected chi connectivity index (χ4v) is 6.86. The van der Waals surface area contributed by atoms with Crippen molar-refractivity contribution < 1.29 is 22.7 Å². The van der Waals surface area contributed by atoms with E-state index in [0.717, 1.165) is 73.1 Å². The molecule has 0 amide bonds. The summed E-state index contributed by atoms with van der Waals surface area (Å²) in [5, 5.41) is 0. The van der Waals surface area contributed by atoms with E-state index >= 15 is 0 Å². The van der Waals surface area contributed by atoms with E-state index in [1.54, 1.807) is 12.1 Å². The van der Waals surface area contributed by atoms with Crippen LogP contribution in [0.15, 0.2) is 94.4 Å². The third-order valence-electron chi connectivity index (χ3n) is 9.08. The summed E-state index contributed by atoms with van der Waals surface area (Å²) in [6.45, 7) is 8.18. The van der Waals surface area contributed by atoms with Gasteiger partial charge in [0.2, 0.25) is 0 Å². The largest absolute Gasteiger partial charge is 0.573 e. The quantitative estimate of drug-likeness (QED) is 0.266. The zero-order valence-corrected chi connectivity index (χ0v) is 27.1. The van der Waals surface area contributed by atoms with E-state index in [2.05, 4.69) is 87.7 Å². The van der Waals surface area contributed by atoms with Gasteiger partial charge in [0, 0.05) is 41.1 Å². The lowest BCUT2D eigenvalue weighted by Gasteiger charge is -2.34. The summed E-state index contributed by atoms with van der Waals surface area (Å²) in [6.07, 6.45) is 8.90. The van der Waals surface area contributed by atoms with Crippen molar-refractivity contribution in [1.29, 1.82) is 0 Å². The SMILES string of the molecule is CCC1=C(C(=O)C(C)CCc2ccc(N3CCC(c4ccc(OC(F)(F)F)cc4)CC3)cc2)N2C=CC(Br)=CC2=CCC1C. The Morgan fingerprint density at radius 2 is 1.75 bits per heavy atom. The molecule has 0 aliphatic carbocycles. The Labute approximate surface area is 267 Å². The normalized spacial score (nSPS) is 20.1. The maximum Gasteiger partial charge on any atom is 0.573 e. The number of Topliss-reactive ketones (excluding diaryl/α,β-unsaturated/α-hetero) is 1. The van der Waals surface area contributed by atoms with Crippen molar-refractivity contribution in [1.82, 2.24) is 4.90 Å². The van der Waals surface area contributed by atoms with Gasteiger partial charge in [-0.15, -0.1) is 13.2 Å². The Balaban J connectivity index is 1.16. The number of ether oxygens (including phenoxy) is 1. The van der Waals surface area contributed by atoms with Crippen LogP contribution in [-0.2, 0) is 11.2 Å². The predicted molar refractivity (Wildman–Crippen MR) is 173 cm³/mol. The first kappa shape index (κ1) is 32.1. The number of ketones is 1. The minimum absolute atomic E-state index is 0.103. The van der Waals surface area contributed by atoms with Gasteiger partial charge in [0.25, 0.3) is 0 Å². The highest BCUT2D eigenvalue weighted by Crippen LogP contribution is 2.37. The van der Waals surface area contributed by atoms with E-state index in [1.165, 1.54) is 29.0 Å². The van der Waals surface area contributed by atoms with E-state index in [9.17, 15) is 18.0 Å². The highest BCUT2D eigenvalue weighted by Gasteiger charge is 2.32. The van der Waals surface area contributed by atoms with Gasteiger partial charge in [-0.2, -0.15) is 0 Å². The molecule has 2 aromatic rings. The van der Waals surface area contributed by atoms with Crippen LogP contribution in [0.4, 0.5) is 18.9 Å². The van der Waals surface area contributed by atoms with Crippen molar-refractivity contribution in [3.8, 4) is 5.75 Å². The standard InChI is InChI=1S/C36H40BrF3N2O2/c1-4-33-24(2)6-12-31-23-29(37)19-22-42(31)34(33)35(43)25(3)5-7-26-8-13-30(14-9-26)41-20-17-28(18-21-41)27-10-15-32(16-11-27)44-36(38,39)40/h8-16,19,22-25,28H,4-7,17-18,20-21H2,1-3H3. The molecule has 44 heavy (non-hydrogen) atoms. The molecule has 3 heterocycles. The minimum atomic E-state index is -4.68. The predicted octanol–water partition coefficient (Wildman–Crippen LogP) is 9.80. The number of hydrogen-bond acceptors (Lipinski definition) is 4. The van der Waals surface area contributed by atoms with Gasteiger partial charge in [0.15, 0.2) is 5.78 Å². The van der Waals surface area contributed by atoms with Crippen LogP contribution in [-0.4, -0.2) is 30.1 Å². The molecule has 0 aromatic heterocycles. The molecule has 5 rings (SSSR count). The Morgan fingerprint density at radius 1 is 1.07 bits per heavy atom. The molecule has 2 unspecified atom stereocenters. The maximum atomic E-state index is 13.9. The number of alkyl halides is 3. The Kier molecular flexibility index (Phi) is 10.1. The molecule has 4 nitrogen and oxygen atoms in total. The van der Waals surface area contributed by atoms with Gasteiger partial charge in [-0.3, -0.25) is 4.79 Å². The number of aryl methyl sites for hydroxylation is 1. The third kappa shape index (κ3) is 7.68. The molecule has 0 spiro atoms. The number of halogens is 4. The average Bonchev–Trinajstić information content (AvgIpc) is 3.15. The molecule has 2 aromatic carbocycles. The summed E-state index contributed by atoms with van der Waals surface area (Å²) in [6, 6.07) is 14.9. The second-order valence-electron chi connectivity index (χ2n) is 12.1. The first-order valence-corrected chi connectivity index (χ1v) is 16.3. The fourth-order valence-electron chi connectivity index (χ4n) is 6.51. The van der Waals surface area contributed by atoms with E-state index in [4.69, 9.17) is 0 Å². The number of fused-ring (bicyclic) bond motifs is 1. The van der Waals surface area contributed by atoms with Crippen LogP contribution in [0.3, 0.4) is 0 Å². The topological polar surface area (TPSA) is 32.8 Å². The number of rotatable bonds is 9. The summed E-state index contributed by atoms with van der Waals surface area (Å²) in [5.41, 5.74) is 6.56. The Morgan fingerprint density at radius 3 is 2.39 bits per heavy atom. The number of hydrogen-bond donors (Lipinski definition) is 0. The van der Waals surface area contributed by atoms with E-state index in [1.807, 2.05) is 12.3 Å². The second kappa shape index (κ2) is 13.8. The molecule has 3 aliphatic rings. The smallest absolute Gasteiger partial charge is 0.406 e. The monoisotopic (exact) mass is 668 g/mol. The van der Waals surface area contributed by atoms with Gasteiger partial charge in [0.1, 0.15) is 5.75 Å². The summed E-state index contributed by atoms with van der Waals surface area (Å²) < 4.78 is 42.4. The number of benzene rings is 2. The van der Waals surface area contributed by atoms with Gasteiger partial charge in [-0.25, -0.2) is 0 Å². The van der Waals surface area contributed by atoms with Gasteiger partial charge < -0.3 is 14.5 Å². The molecular formula is C36H40BrF3N2O2. The van der Waals surface area contributed by atoms with Crippen molar-refractivity contribution in [2.75, 3.05) is 18.0 Å². The van der Waals surface area contributed by atoms with Crippen LogP contribution in [0.25, 0.3) is 0 Å². The van der Waals surface area contributed by atoms with E-state index in [-0.39, 0.29) is 17.5 Å². The van der Waals surface area contributed by atoms with Crippen LogP contribution >= 0.6 is 15.9 Å². The molecule has 1 fully saturated rings. The Hall–Kier alpha value is -3.26. The van der Waals surface area contributed by atoms with E-state index in [0.29, 0.717) is 11.8 Å². The lowest BCUT2D eigenvalue weighted by Crippen LogP contribution is -2.32. The van der Waals surface area contributed by atoms with Crippen LogP contribution in [0.1, 0.15) is 69.9 Å². The fraction of sp³-hybridized carbons (Fsp3) is 0.417. The number of nitrogens with zero attached hydrogens (tertiary/aromatic N) is 2. The molecule has 234 valence electrons. The molecule has 1 saturated heterocycles. The molecule has 0 bridgehead atoms. The number of carbonyl (C=O) groups is 1. The molecule has 0 radical (unpaired) electrons. The van der Waals surface area contributed by atoms with Crippen LogP contribution in [0.2, 0.25) is 0 Å². The summed E-state index contributed by atoms with van der Waals surface area (Å²) in [7, 11) is 0. The molecular weight excluding hydrogens is 629 g/mol. The summed E-state index contributed by atoms with van der Waals surface area (Å²) in [5.74, 6) is 0.554. The molecule has 8 heteroatoms. The maximum absolute atomic E-state index is 13.9. The minimum Gasteiger partial charge on any atom is -0.406 e. The molecule has 2 atom stereocenters. The number of anilines is 1. The van der Waals surface area contributed by atoms with E-state index < -0.39 is 6.36 Å². The number of allylic oxidation sites excluding steroid dienone is 6. The van der Waals surface area contributed by atoms with Crippen LogP contribution in [0, 0.1) is 11.8 Å². The summed E-state index contributed by atoms with van der Waals surface area (Å²) in [4.78, 5) is 18.4. The molecule has 0 N–H and O–H groups in total. The van der Waals surface area contributed by atoms with Gasteiger partial charge in [-0.1, -0.05) is 67.0 Å². The number of carbonyl (C=O) groups excluding carboxylic acids is 1. The average molecular weight is 670 g/mol. The second-order valence-corrected chi connectivity index (χ2v) is 13.0. The Bertz CT molecular complexity index is 1450. The number of piperidine rings is 1. The molecule has 3 aliphatic heterocycles. The van der Waals surface area contributed by atoms with Crippen LogP contribution < -0.4 is 9.64 Å². The third-order valence-corrected chi connectivity index (χ3v) is 9.57. The first-order chi connectivity index (χ1) is 21.0. The zero-order valence-electron chi connectivity index (χ0n) is 25.5. The lowest BCUT2D eigenvalue weighted by molar-refractivity contribution is -0.274. The van der Waals surface area contributed by atoms with Gasteiger partial charge in [-0.05, 0) is 103 Å². The van der Waals surface area contributed by atoms with Crippen LogP contribution in [0.5, 0.6) is 5.75 Å².